The van der Waals surface area contributed by atoms with E-state index in [2.05, 4.69) is 0 Å². The largest absolute Gasteiger partial charge is 0.480 e. The fraction of sp³-hybridized carbons (Fsp3) is 0.385. The lowest BCUT2D eigenvalue weighted by molar-refractivity contribution is -0.141. The molecule has 22 heavy (non-hydrogen) atoms. The number of likely N-dealkylation sites (tertiary alicyclic amines) is 1. The topological polar surface area (TPSA) is 104 Å². The Kier molecular flexibility index (Phi) is 4.36. The van der Waals surface area contributed by atoms with Crippen molar-refractivity contribution in [2.45, 2.75) is 18.9 Å². The van der Waals surface area contributed by atoms with Crippen molar-refractivity contribution in [1.82, 2.24) is 4.90 Å². The van der Waals surface area contributed by atoms with E-state index in [1.165, 1.54) is 11.0 Å². The van der Waals surface area contributed by atoms with Crippen molar-refractivity contribution in [3.8, 4) is 0 Å². The monoisotopic (exact) mass is 330 g/mol. The zero-order valence-electron chi connectivity index (χ0n) is 11.7. The fourth-order valence-electron chi connectivity index (χ4n) is 2.37. The van der Waals surface area contributed by atoms with Crippen molar-refractivity contribution < 1.29 is 27.5 Å². The minimum atomic E-state index is -3.69. The molecule has 0 saturated carbocycles. The Hall–Kier alpha value is -2.16. The molecule has 1 saturated heterocycles. The van der Waals surface area contributed by atoms with Crippen molar-refractivity contribution in [3.63, 3.8) is 0 Å². The predicted octanol–water partition coefficient (Wildman–Crippen LogP) is 0.886. The number of sulfonamides is 1. The van der Waals surface area contributed by atoms with Gasteiger partial charge in [-0.25, -0.2) is 17.6 Å². The summed E-state index contributed by atoms with van der Waals surface area (Å²) in [4.78, 5) is 24.7. The minimum Gasteiger partial charge on any atom is -0.480 e. The van der Waals surface area contributed by atoms with Crippen LogP contribution < -0.4 is 4.72 Å². The first kappa shape index (κ1) is 16.2. The summed E-state index contributed by atoms with van der Waals surface area (Å²) in [5, 5.41) is 9.09. The van der Waals surface area contributed by atoms with E-state index in [0.29, 0.717) is 19.4 Å². The van der Waals surface area contributed by atoms with Gasteiger partial charge < -0.3 is 10.0 Å². The number of nitrogens with one attached hydrogen (secondary N) is 1. The Morgan fingerprint density at radius 1 is 1.41 bits per heavy atom. The molecule has 2 N–H and O–H groups in total. The van der Waals surface area contributed by atoms with Gasteiger partial charge in [0.1, 0.15) is 11.9 Å². The molecule has 0 radical (unpaired) electrons. The number of anilines is 1. The van der Waals surface area contributed by atoms with E-state index in [4.69, 9.17) is 5.11 Å². The van der Waals surface area contributed by atoms with Gasteiger partial charge in [-0.3, -0.25) is 9.52 Å². The molecule has 0 aliphatic carbocycles. The molecule has 1 aliphatic heterocycles. The van der Waals surface area contributed by atoms with Crippen LogP contribution in [-0.4, -0.2) is 49.1 Å². The summed E-state index contributed by atoms with van der Waals surface area (Å²) in [7, 11) is -3.69. The van der Waals surface area contributed by atoms with Crippen LogP contribution >= 0.6 is 0 Å². The predicted molar refractivity (Wildman–Crippen MR) is 76.6 cm³/mol. The van der Waals surface area contributed by atoms with Gasteiger partial charge in [-0.2, -0.15) is 0 Å². The van der Waals surface area contributed by atoms with Crippen molar-refractivity contribution in [2.24, 2.45) is 0 Å². The molecule has 1 fully saturated rings. The molecule has 0 spiro atoms. The van der Waals surface area contributed by atoms with E-state index in [9.17, 15) is 22.4 Å². The van der Waals surface area contributed by atoms with Gasteiger partial charge in [0.05, 0.1) is 11.9 Å². The Morgan fingerprint density at radius 3 is 2.68 bits per heavy atom. The molecular weight excluding hydrogens is 315 g/mol. The van der Waals surface area contributed by atoms with E-state index >= 15 is 0 Å². The standard InChI is InChI=1S/C13H15FN2O5S/c1-22(20,21)15-10-7-8(4-5-9(10)14)12(17)16-6-2-3-11(16)13(18)19/h4-5,7,11,15H,2-3,6H2,1H3,(H,18,19)/t11-/m0/s1. The highest BCUT2D eigenvalue weighted by Crippen LogP contribution is 2.23. The first-order valence-electron chi connectivity index (χ1n) is 6.50. The molecule has 1 amide bonds. The van der Waals surface area contributed by atoms with Crippen LogP contribution in [0.3, 0.4) is 0 Å². The van der Waals surface area contributed by atoms with Crippen LogP contribution in [0.1, 0.15) is 23.2 Å². The van der Waals surface area contributed by atoms with Crippen molar-refractivity contribution >= 4 is 27.6 Å². The normalized spacial score (nSPS) is 18.3. The third kappa shape index (κ3) is 3.53. The lowest BCUT2D eigenvalue weighted by atomic mass is 10.1. The van der Waals surface area contributed by atoms with Crippen LogP contribution in [0.2, 0.25) is 0 Å². The molecule has 120 valence electrons. The Balaban J connectivity index is 2.31. The first-order valence-corrected chi connectivity index (χ1v) is 8.39. The van der Waals surface area contributed by atoms with Gasteiger partial charge in [0.2, 0.25) is 10.0 Å². The maximum atomic E-state index is 13.6. The zero-order valence-corrected chi connectivity index (χ0v) is 12.6. The summed E-state index contributed by atoms with van der Waals surface area (Å²) in [6.45, 7) is 0.294. The Bertz CT molecular complexity index is 719. The fourth-order valence-corrected chi connectivity index (χ4v) is 2.92. The van der Waals surface area contributed by atoms with Gasteiger partial charge >= 0.3 is 5.97 Å². The van der Waals surface area contributed by atoms with Gasteiger partial charge in [-0.1, -0.05) is 0 Å². The number of halogens is 1. The number of hydrogen-bond acceptors (Lipinski definition) is 4. The van der Waals surface area contributed by atoms with Crippen molar-refractivity contribution in [3.05, 3.63) is 29.6 Å². The van der Waals surface area contributed by atoms with Gasteiger partial charge in [0.15, 0.2) is 0 Å². The Labute approximate surface area is 126 Å². The number of carboxylic acids is 1. The molecule has 1 atom stereocenters. The number of carbonyl (C=O) groups is 2. The number of hydrogen-bond donors (Lipinski definition) is 2. The third-order valence-corrected chi connectivity index (χ3v) is 3.90. The SMILES string of the molecule is CS(=O)(=O)Nc1cc(C(=O)N2CCC[C@H]2C(=O)O)ccc1F. The third-order valence-electron chi connectivity index (χ3n) is 3.31. The Morgan fingerprint density at radius 2 is 2.09 bits per heavy atom. The molecule has 9 heteroatoms. The summed E-state index contributed by atoms with van der Waals surface area (Å²) in [6, 6.07) is 2.31. The maximum Gasteiger partial charge on any atom is 0.326 e. The number of rotatable bonds is 4. The molecule has 0 aromatic heterocycles. The van der Waals surface area contributed by atoms with Gasteiger partial charge in [-0.05, 0) is 31.0 Å². The van der Waals surface area contributed by atoms with E-state index in [-0.39, 0.29) is 11.3 Å². The van der Waals surface area contributed by atoms with Crippen molar-refractivity contribution in [2.75, 3.05) is 17.5 Å². The summed E-state index contributed by atoms with van der Waals surface area (Å²) in [5.41, 5.74) is -0.319. The molecule has 1 aromatic rings. The second-order valence-electron chi connectivity index (χ2n) is 5.06. The van der Waals surface area contributed by atoms with Gasteiger partial charge in [0.25, 0.3) is 5.91 Å². The summed E-state index contributed by atoms with van der Waals surface area (Å²) < 4.78 is 37.9. The molecule has 7 nitrogen and oxygen atoms in total. The minimum absolute atomic E-state index is 0.0284. The molecular formula is C13H15FN2O5S. The van der Waals surface area contributed by atoms with Crippen LogP contribution in [0.15, 0.2) is 18.2 Å². The smallest absolute Gasteiger partial charge is 0.326 e. The zero-order chi connectivity index (χ0) is 16.5. The van der Waals surface area contributed by atoms with E-state index < -0.39 is 33.8 Å². The highest BCUT2D eigenvalue weighted by Gasteiger charge is 2.34. The molecule has 1 heterocycles. The average molecular weight is 330 g/mol. The van der Waals surface area contributed by atoms with Gasteiger partial charge in [0, 0.05) is 12.1 Å². The second-order valence-corrected chi connectivity index (χ2v) is 6.81. The summed E-state index contributed by atoms with van der Waals surface area (Å²) >= 11 is 0. The van der Waals surface area contributed by atoms with E-state index in [0.717, 1.165) is 18.4 Å². The maximum absolute atomic E-state index is 13.6. The lowest BCUT2D eigenvalue weighted by Gasteiger charge is -2.21. The number of benzene rings is 1. The van der Waals surface area contributed by atoms with Crippen LogP contribution in [-0.2, 0) is 14.8 Å². The number of nitrogens with zero attached hydrogens (tertiary/aromatic N) is 1. The first-order chi connectivity index (χ1) is 10.2. The molecule has 0 unspecified atom stereocenters. The lowest BCUT2D eigenvalue weighted by Crippen LogP contribution is -2.40. The van der Waals surface area contributed by atoms with Crippen LogP contribution in [0.25, 0.3) is 0 Å². The number of amides is 1. The molecule has 0 bridgehead atoms. The second kappa shape index (κ2) is 5.91. The number of aliphatic carboxylic acids is 1. The summed E-state index contributed by atoms with van der Waals surface area (Å²) in [5.74, 6) is -2.48. The van der Waals surface area contributed by atoms with Crippen LogP contribution in [0.5, 0.6) is 0 Å². The highest BCUT2D eigenvalue weighted by molar-refractivity contribution is 7.92. The number of carboxylic acid groups (broad SMARTS) is 1. The highest BCUT2D eigenvalue weighted by atomic mass is 32.2. The van der Waals surface area contributed by atoms with Crippen molar-refractivity contribution in [1.29, 1.82) is 0 Å². The number of carbonyl (C=O) groups excluding carboxylic acids is 1. The van der Waals surface area contributed by atoms with E-state index in [1.54, 1.807) is 0 Å². The quantitative estimate of drug-likeness (QED) is 0.853. The summed E-state index contributed by atoms with van der Waals surface area (Å²) in [6.07, 6.45) is 1.79. The van der Waals surface area contributed by atoms with Crippen LogP contribution in [0, 0.1) is 5.82 Å². The van der Waals surface area contributed by atoms with E-state index in [1.807, 2.05) is 4.72 Å². The molecule has 1 aromatic carbocycles. The van der Waals surface area contributed by atoms with Crippen LogP contribution in [0.4, 0.5) is 10.1 Å². The molecule has 2 rings (SSSR count). The van der Waals surface area contributed by atoms with Gasteiger partial charge in [-0.15, -0.1) is 0 Å². The molecule has 1 aliphatic rings. The average Bonchev–Trinajstić information content (AvgIpc) is 2.88.